The maximum atomic E-state index is 9.62. The average molecular weight is 359 g/mol. The molecule has 1 heterocycles. The Morgan fingerprint density at radius 2 is 1.52 bits per heavy atom. The Bertz CT molecular complexity index is 950. The van der Waals surface area contributed by atoms with Crippen molar-refractivity contribution in [1.29, 1.82) is 0 Å². The maximum absolute atomic E-state index is 9.62. The molecule has 4 N–H and O–H groups in total. The Morgan fingerprint density at radius 1 is 0.852 bits per heavy atom. The molecule has 0 bridgehead atoms. The number of aromatic hydroxyl groups is 2. The molecule has 0 saturated carbocycles. The molecule has 0 spiro atoms. The van der Waals surface area contributed by atoms with E-state index in [9.17, 15) is 15.3 Å². The van der Waals surface area contributed by atoms with E-state index in [4.69, 9.17) is 0 Å². The predicted octanol–water partition coefficient (Wildman–Crippen LogP) is 4.73. The number of phenols is 2. The monoisotopic (exact) mass is 359 g/mol. The van der Waals surface area contributed by atoms with Crippen LogP contribution in [-0.4, -0.2) is 15.3 Å². The Kier molecular flexibility index (Phi) is 4.47. The molecule has 1 aliphatic heterocycles. The lowest BCUT2D eigenvalue weighted by Gasteiger charge is -2.28. The van der Waals surface area contributed by atoms with Gasteiger partial charge in [-0.1, -0.05) is 24.3 Å². The largest absolute Gasteiger partial charge is 0.508 e. The molecule has 0 fully saturated rings. The van der Waals surface area contributed by atoms with E-state index in [1.165, 1.54) is 0 Å². The SMILES string of the molecule is OC1=CCC(C2=CC(c3ccc(O)cc3)NC(c3ccc(O)cc3)=C2)C=C1. The van der Waals surface area contributed by atoms with Gasteiger partial charge in [-0.2, -0.15) is 0 Å². The topological polar surface area (TPSA) is 72.7 Å². The van der Waals surface area contributed by atoms with Crippen LogP contribution in [0.5, 0.6) is 11.5 Å². The number of aliphatic hydroxyl groups is 1. The van der Waals surface area contributed by atoms with Crippen molar-refractivity contribution >= 4 is 5.70 Å². The zero-order chi connectivity index (χ0) is 18.8. The summed E-state index contributed by atoms with van der Waals surface area (Å²) in [5.74, 6) is 0.967. The molecule has 2 unspecified atom stereocenters. The summed E-state index contributed by atoms with van der Waals surface area (Å²) in [6.45, 7) is 0. The van der Waals surface area contributed by atoms with E-state index in [-0.39, 0.29) is 23.5 Å². The summed E-state index contributed by atoms with van der Waals surface area (Å²) in [6, 6.07) is 14.3. The van der Waals surface area contributed by atoms with Crippen LogP contribution in [0.4, 0.5) is 0 Å². The first-order valence-electron chi connectivity index (χ1n) is 8.94. The van der Waals surface area contributed by atoms with Gasteiger partial charge < -0.3 is 20.6 Å². The first-order valence-corrected chi connectivity index (χ1v) is 8.94. The zero-order valence-corrected chi connectivity index (χ0v) is 14.7. The summed E-state index contributed by atoms with van der Waals surface area (Å²) >= 11 is 0. The van der Waals surface area contributed by atoms with Crippen LogP contribution in [0.15, 0.2) is 90.2 Å². The third-order valence-electron chi connectivity index (χ3n) is 4.92. The van der Waals surface area contributed by atoms with Gasteiger partial charge in [-0.25, -0.2) is 0 Å². The van der Waals surface area contributed by atoms with Gasteiger partial charge in [0, 0.05) is 11.6 Å². The molecule has 2 atom stereocenters. The molecule has 0 aromatic heterocycles. The number of rotatable bonds is 3. The Labute approximate surface area is 158 Å². The van der Waals surface area contributed by atoms with Crippen LogP contribution < -0.4 is 5.32 Å². The molecule has 4 heteroatoms. The van der Waals surface area contributed by atoms with Crippen LogP contribution >= 0.6 is 0 Å². The van der Waals surface area contributed by atoms with Crippen molar-refractivity contribution in [2.75, 3.05) is 0 Å². The van der Waals surface area contributed by atoms with E-state index in [1.54, 1.807) is 30.3 Å². The minimum absolute atomic E-state index is 0.0395. The van der Waals surface area contributed by atoms with Gasteiger partial charge in [0.05, 0.1) is 6.04 Å². The maximum Gasteiger partial charge on any atom is 0.115 e. The van der Waals surface area contributed by atoms with Gasteiger partial charge in [0.25, 0.3) is 0 Å². The van der Waals surface area contributed by atoms with E-state index >= 15 is 0 Å². The summed E-state index contributed by atoms with van der Waals surface area (Å²) in [5, 5.41) is 32.3. The first-order chi connectivity index (χ1) is 13.1. The van der Waals surface area contributed by atoms with Crippen molar-refractivity contribution in [3.63, 3.8) is 0 Å². The molecule has 4 rings (SSSR count). The van der Waals surface area contributed by atoms with Crippen molar-refractivity contribution < 1.29 is 15.3 Å². The normalized spacial score (nSPS) is 21.7. The number of allylic oxidation sites excluding steroid dienone is 5. The molecule has 4 nitrogen and oxygen atoms in total. The molecular weight excluding hydrogens is 338 g/mol. The number of benzene rings is 2. The van der Waals surface area contributed by atoms with E-state index < -0.39 is 0 Å². The number of nitrogens with one attached hydrogen (secondary N) is 1. The lowest BCUT2D eigenvalue weighted by Crippen LogP contribution is -2.23. The van der Waals surface area contributed by atoms with Crippen LogP contribution in [0.3, 0.4) is 0 Å². The van der Waals surface area contributed by atoms with Crippen molar-refractivity contribution in [2.45, 2.75) is 12.5 Å². The molecule has 2 aliphatic rings. The van der Waals surface area contributed by atoms with Crippen molar-refractivity contribution in [2.24, 2.45) is 5.92 Å². The van der Waals surface area contributed by atoms with Gasteiger partial charge in [0.2, 0.25) is 0 Å². The summed E-state index contributed by atoms with van der Waals surface area (Å²) in [4.78, 5) is 0. The van der Waals surface area contributed by atoms with Crippen molar-refractivity contribution in [3.05, 3.63) is 101 Å². The van der Waals surface area contributed by atoms with Gasteiger partial charge in [0.1, 0.15) is 17.3 Å². The summed E-state index contributed by atoms with van der Waals surface area (Å²) in [7, 11) is 0. The van der Waals surface area contributed by atoms with Gasteiger partial charge in [0.15, 0.2) is 0 Å². The van der Waals surface area contributed by atoms with Gasteiger partial charge >= 0.3 is 0 Å². The fourth-order valence-electron chi connectivity index (χ4n) is 3.41. The highest BCUT2D eigenvalue weighted by Crippen LogP contribution is 2.34. The van der Waals surface area contributed by atoms with Crippen molar-refractivity contribution in [3.8, 4) is 11.5 Å². The first kappa shape index (κ1) is 17.0. The number of hydrogen-bond donors (Lipinski definition) is 4. The van der Waals surface area contributed by atoms with Crippen LogP contribution in [0, 0.1) is 5.92 Å². The molecule has 2 aromatic rings. The minimum atomic E-state index is -0.0395. The van der Waals surface area contributed by atoms with Crippen LogP contribution in [0.1, 0.15) is 23.6 Å². The number of aliphatic hydroxyl groups excluding tert-OH is 1. The molecule has 2 aromatic carbocycles. The van der Waals surface area contributed by atoms with E-state index in [0.29, 0.717) is 5.76 Å². The van der Waals surface area contributed by atoms with E-state index in [2.05, 4.69) is 17.5 Å². The lowest BCUT2D eigenvalue weighted by molar-refractivity contribution is 0.423. The standard InChI is InChI=1S/C23H21NO3/c25-19-7-1-15(2-8-19)18-13-22(16-3-9-20(26)10-4-16)24-23(14-18)17-5-11-21(27)12-6-17/h1,3-15,22,24-27H,2H2. The predicted molar refractivity (Wildman–Crippen MR) is 106 cm³/mol. The quantitative estimate of drug-likeness (QED) is 0.639. The van der Waals surface area contributed by atoms with Gasteiger partial charge in [-0.15, -0.1) is 0 Å². The van der Waals surface area contributed by atoms with Crippen LogP contribution in [0.2, 0.25) is 0 Å². The molecule has 1 aliphatic carbocycles. The average Bonchev–Trinajstić information content (AvgIpc) is 2.69. The Morgan fingerprint density at radius 3 is 2.15 bits per heavy atom. The van der Waals surface area contributed by atoms with Gasteiger partial charge in [-0.05, 0) is 77.7 Å². The zero-order valence-electron chi connectivity index (χ0n) is 14.7. The second-order valence-electron chi connectivity index (χ2n) is 6.82. The molecule has 0 radical (unpaired) electrons. The molecule has 27 heavy (non-hydrogen) atoms. The molecule has 136 valence electrons. The molecular formula is C23H21NO3. The fourth-order valence-corrected chi connectivity index (χ4v) is 3.41. The van der Waals surface area contributed by atoms with Crippen LogP contribution in [-0.2, 0) is 0 Å². The highest BCUT2D eigenvalue weighted by Gasteiger charge is 2.21. The third kappa shape index (κ3) is 3.75. The smallest absolute Gasteiger partial charge is 0.115 e. The molecule has 0 amide bonds. The highest BCUT2D eigenvalue weighted by atomic mass is 16.3. The van der Waals surface area contributed by atoms with Crippen LogP contribution in [0.25, 0.3) is 5.70 Å². The summed E-state index contributed by atoms with van der Waals surface area (Å²) in [5.41, 5.74) is 4.17. The lowest BCUT2D eigenvalue weighted by atomic mass is 9.86. The minimum Gasteiger partial charge on any atom is -0.508 e. The fraction of sp³-hybridized carbons (Fsp3) is 0.130. The molecule has 0 saturated heterocycles. The second-order valence-corrected chi connectivity index (χ2v) is 6.82. The third-order valence-corrected chi connectivity index (χ3v) is 4.92. The Hall–Kier alpha value is -3.40. The summed E-state index contributed by atoms with van der Waals surface area (Å²) < 4.78 is 0. The number of dihydropyridines is 1. The van der Waals surface area contributed by atoms with E-state index in [1.807, 2.05) is 36.4 Å². The van der Waals surface area contributed by atoms with E-state index in [0.717, 1.165) is 28.8 Å². The van der Waals surface area contributed by atoms with Gasteiger partial charge in [-0.3, -0.25) is 0 Å². The number of phenolic OH excluding ortho intramolecular Hbond substituents is 2. The second kappa shape index (κ2) is 7.08. The summed E-state index contributed by atoms with van der Waals surface area (Å²) in [6.07, 6.45) is 10.6. The Balaban J connectivity index is 1.71. The van der Waals surface area contributed by atoms with Crippen molar-refractivity contribution in [1.82, 2.24) is 5.32 Å². The highest BCUT2D eigenvalue weighted by molar-refractivity contribution is 5.70. The number of hydrogen-bond acceptors (Lipinski definition) is 4.